The third kappa shape index (κ3) is 5.14. The number of thioether (sulfide) groups is 1. The van der Waals surface area contributed by atoms with Crippen LogP contribution in [0.25, 0.3) is 0 Å². The number of carbonyl (C=O) groups is 1. The number of amides is 1. The molecule has 0 atom stereocenters. The number of rotatable bonds is 7. The van der Waals surface area contributed by atoms with Gasteiger partial charge in [0.25, 0.3) is 0 Å². The number of hydrogen-bond donors (Lipinski definition) is 3. The van der Waals surface area contributed by atoms with E-state index in [1.807, 2.05) is 17.5 Å². The quantitative estimate of drug-likeness (QED) is 0.326. The van der Waals surface area contributed by atoms with Crippen molar-refractivity contribution in [3.63, 3.8) is 0 Å². The Morgan fingerprint density at radius 3 is 3.12 bits per heavy atom. The predicted octanol–water partition coefficient (Wildman–Crippen LogP) is 3.49. The Balaban J connectivity index is 1.46. The average Bonchev–Trinajstić information content (AvgIpc) is 3.28. The molecule has 0 saturated carbocycles. The fourth-order valence-electron chi connectivity index (χ4n) is 1.88. The maximum absolute atomic E-state index is 13.5. The molecule has 7 nitrogen and oxygen atoms in total. The first kappa shape index (κ1) is 18.1. The van der Waals surface area contributed by atoms with Crippen molar-refractivity contribution < 1.29 is 9.18 Å². The van der Waals surface area contributed by atoms with Gasteiger partial charge in [-0.05, 0) is 36.1 Å². The Bertz CT molecular complexity index is 909. The first-order valence-corrected chi connectivity index (χ1v) is 9.40. The summed E-state index contributed by atoms with van der Waals surface area (Å²) >= 11 is 2.73. The van der Waals surface area contributed by atoms with Gasteiger partial charge in [-0.2, -0.15) is 10.1 Å². The van der Waals surface area contributed by atoms with Gasteiger partial charge in [0.2, 0.25) is 17.0 Å². The van der Waals surface area contributed by atoms with Crippen molar-refractivity contribution in [2.75, 3.05) is 16.5 Å². The van der Waals surface area contributed by atoms with Crippen molar-refractivity contribution in [2.24, 2.45) is 5.10 Å². The number of aryl methyl sites for hydroxylation is 1. The largest absolute Gasteiger partial charge is 0.325 e. The zero-order valence-electron chi connectivity index (χ0n) is 13.7. The fraction of sp³-hybridized carbons (Fsp3) is 0.125. The summed E-state index contributed by atoms with van der Waals surface area (Å²) in [6.07, 6.45) is 1.67. The molecule has 0 radical (unpaired) electrons. The van der Waals surface area contributed by atoms with E-state index in [1.54, 1.807) is 36.6 Å². The highest BCUT2D eigenvalue weighted by atomic mass is 32.2. The van der Waals surface area contributed by atoms with Crippen LogP contribution in [0.5, 0.6) is 0 Å². The minimum atomic E-state index is -0.358. The molecule has 3 aromatic rings. The van der Waals surface area contributed by atoms with Crippen molar-refractivity contribution in [2.45, 2.75) is 12.1 Å². The van der Waals surface area contributed by atoms with Crippen LogP contribution in [-0.2, 0) is 4.79 Å². The van der Waals surface area contributed by atoms with Crippen molar-refractivity contribution >= 4 is 46.9 Å². The second-order valence-corrected chi connectivity index (χ2v) is 7.07. The third-order valence-electron chi connectivity index (χ3n) is 3.16. The van der Waals surface area contributed by atoms with Gasteiger partial charge in [-0.15, -0.1) is 16.4 Å². The molecule has 3 N–H and O–H groups in total. The molecule has 1 aromatic carbocycles. The fourth-order valence-corrected chi connectivity index (χ4v) is 3.06. The number of hydrazone groups is 1. The number of thiophene rings is 1. The van der Waals surface area contributed by atoms with Crippen molar-refractivity contribution in [3.05, 3.63) is 52.0 Å². The van der Waals surface area contributed by atoms with E-state index in [9.17, 15) is 9.18 Å². The van der Waals surface area contributed by atoms with Crippen LogP contribution in [0, 0.1) is 12.7 Å². The molecule has 0 bridgehead atoms. The number of nitrogens with zero attached hydrogens (tertiary/aromatic N) is 3. The average molecular weight is 390 g/mol. The van der Waals surface area contributed by atoms with Gasteiger partial charge in [-0.25, -0.2) is 14.9 Å². The molecule has 0 unspecified atom stereocenters. The second-order valence-electron chi connectivity index (χ2n) is 5.15. The highest BCUT2D eigenvalue weighted by Crippen LogP contribution is 2.17. The summed E-state index contributed by atoms with van der Waals surface area (Å²) in [6, 6.07) is 8.43. The Labute approximate surface area is 157 Å². The molecule has 134 valence electrons. The molecule has 0 spiro atoms. The predicted molar refractivity (Wildman–Crippen MR) is 102 cm³/mol. The van der Waals surface area contributed by atoms with Gasteiger partial charge in [-0.3, -0.25) is 4.79 Å². The molecule has 3 rings (SSSR count). The lowest BCUT2D eigenvalue weighted by Crippen LogP contribution is -2.14. The summed E-state index contributed by atoms with van der Waals surface area (Å²) in [5.74, 6) is -0.150. The van der Waals surface area contributed by atoms with Gasteiger partial charge in [0.05, 0.1) is 12.0 Å². The zero-order chi connectivity index (χ0) is 18.4. The van der Waals surface area contributed by atoms with E-state index >= 15 is 0 Å². The van der Waals surface area contributed by atoms with Gasteiger partial charge >= 0.3 is 0 Å². The normalized spacial score (nSPS) is 11.0. The lowest BCUT2D eigenvalue weighted by molar-refractivity contribution is -0.113. The highest BCUT2D eigenvalue weighted by Gasteiger charge is 2.09. The minimum Gasteiger partial charge on any atom is -0.325 e. The van der Waals surface area contributed by atoms with Crippen molar-refractivity contribution in [3.8, 4) is 0 Å². The number of hydrogen-bond acceptors (Lipinski definition) is 7. The Morgan fingerprint density at radius 2 is 2.35 bits per heavy atom. The van der Waals surface area contributed by atoms with E-state index in [0.717, 1.165) is 16.6 Å². The number of anilines is 2. The zero-order valence-corrected chi connectivity index (χ0v) is 15.3. The molecular formula is C16H15FN6OS2. The topological polar surface area (TPSA) is 95.1 Å². The Morgan fingerprint density at radius 1 is 1.46 bits per heavy atom. The molecule has 0 fully saturated rings. The molecule has 2 heterocycles. The minimum absolute atomic E-state index is 0.102. The van der Waals surface area contributed by atoms with Gasteiger partial charge in [0.15, 0.2) is 0 Å². The van der Waals surface area contributed by atoms with E-state index in [1.165, 1.54) is 6.07 Å². The summed E-state index contributed by atoms with van der Waals surface area (Å²) in [5.41, 5.74) is 3.68. The molecular weight excluding hydrogens is 375 g/mol. The van der Waals surface area contributed by atoms with Gasteiger partial charge in [0.1, 0.15) is 5.82 Å². The van der Waals surface area contributed by atoms with E-state index in [2.05, 4.69) is 31.0 Å². The maximum atomic E-state index is 13.5. The van der Waals surface area contributed by atoms with Crippen LogP contribution in [0.15, 0.2) is 46.0 Å². The summed E-state index contributed by atoms with van der Waals surface area (Å²) in [5, 5.41) is 15.7. The van der Waals surface area contributed by atoms with Gasteiger partial charge in [-0.1, -0.05) is 23.9 Å². The molecule has 0 aliphatic heterocycles. The van der Waals surface area contributed by atoms with Crippen LogP contribution < -0.4 is 10.7 Å². The molecule has 0 saturated heterocycles. The lowest BCUT2D eigenvalue weighted by atomic mass is 10.2. The highest BCUT2D eigenvalue weighted by molar-refractivity contribution is 7.99. The molecule has 1 amide bonds. The Kier molecular flexibility index (Phi) is 5.97. The number of H-pyrrole nitrogens is 1. The van der Waals surface area contributed by atoms with E-state index < -0.39 is 0 Å². The number of halogens is 1. The van der Waals surface area contributed by atoms with Crippen LogP contribution in [0.2, 0.25) is 0 Å². The standard InChI is InChI=1S/C16H15FN6OS2/c1-10-4-5-11(7-13(10)17)19-14(24)9-26-16-20-15(22-23-16)21-18-8-12-3-2-6-25-12/h2-8H,9H2,1H3,(H,19,24)(H2,20,21,22,23)/b18-8+. The number of aromatic nitrogens is 3. The number of carbonyl (C=O) groups excluding carboxylic acids is 1. The Hall–Kier alpha value is -2.72. The summed E-state index contributed by atoms with van der Waals surface area (Å²) < 4.78 is 13.5. The molecule has 0 aliphatic rings. The first-order valence-electron chi connectivity index (χ1n) is 7.54. The smallest absolute Gasteiger partial charge is 0.240 e. The molecule has 2 aromatic heterocycles. The van der Waals surface area contributed by atoms with Crippen LogP contribution in [0.3, 0.4) is 0 Å². The van der Waals surface area contributed by atoms with Gasteiger partial charge < -0.3 is 5.32 Å². The summed E-state index contributed by atoms with van der Waals surface area (Å²) in [4.78, 5) is 17.1. The molecule has 0 aliphatic carbocycles. The first-order chi connectivity index (χ1) is 12.6. The second kappa shape index (κ2) is 8.59. The molecule has 10 heteroatoms. The van der Waals surface area contributed by atoms with Crippen molar-refractivity contribution in [1.82, 2.24) is 15.2 Å². The van der Waals surface area contributed by atoms with Crippen LogP contribution >= 0.6 is 23.1 Å². The van der Waals surface area contributed by atoms with Crippen LogP contribution in [0.4, 0.5) is 16.0 Å². The molecule has 26 heavy (non-hydrogen) atoms. The van der Waals surface area contributed by atoms with E-state index in [4.69, 9.17) is 0 Å². The maximum Gasteiger partial charge on any atom is 0.240 e. The summed E-state index contributed by atoms with van der Waals surface area (Å²) in [6.45, 7) is 1.66. The van der Waals surface area contributed by atoms with E-state index in [0.29, 0.717) is 22.4 Å². The van der Waals surface area contributed by atoms with Crippen LogP contribution in [0.1, 0.15) is 10.4 Å². The summed E-state index contributed by atoms with van der Waals surface area (Å²) in [7, 11) is 0. The SMILES string of the molecule is Cc1ccc(NC(=O)CSc2n[nH]c(N/N=C/c3cccs3)n2)cc1F. The lowest BCUT2D eigenvalue weighted by Gasteiger charge is -2.05. The number of aromatic amines is 1. The number of benzene rings is 1. The number of nitrogens with one attached hydrogen (secondary N) is 3. The third-order valence-corrected chi connectivity index (χ3v) is 4.81. The van der Waals surface area contributed by atoms with E-state index in [-0.39, 0.29) is 17.5 Å². The van der Waals surface area contributed by atoms with Crippen molar-refractivity contribution in [1.29, 1.82) is 0 Å². The van der Waals surface area contributed by atoms with Gasteiger partial charge in [0, 0.05) is 10.6 Å². The monoisotopic (exact) mass is 390 g/mol. The van der Waals surface area contributed by atoms with Crippen LogP contribution in [-0.4, -0.2) is 33.1 Å².